The molecule has 0 aliphatic carbocycles. The van der Waals surface area contributed by atoms with Gasteiger partial charge in [0.15, 0.2) is 5.17 Å². The van der Waals surface area contributed by atoms with Crippen molar-refractivity contribution in [3.05, 3.63) is 70.2 Å². The number of hydrogen-bond donors (Lipinski definition) is 0. The van der Waals surface area contributed by atoms with E-state index >= 15 is 0 Å². The molecule has 0 spiro atoms. The molecule has 0 radical (unpaired) electrons. The van der Waals surface area contributed by atoms with Crippen LogP contribution < -0.4 is 0 Å². The summed E-state index contributed by atoms with van der Waals surface area (Å²) in [5.74, 6) is 0.761. The fourth-order valence-corrected chi connectivity index (χ4v) is 3.57. The topological polar surface area (TPSA) is 32.7 Å². The highest BCUT2D eigenvalue weighted by Gasteiger charge is 2.25. The fraction of sp³-hybridized carbons (Fsp3) is 0.222. The number of aryl methyl sites for hydroxylation is 1. The van der Waals surface area contributed by atoms with Gasteiger partial charge in [-0.15, -0.1) is 0 Å². The molecule has 2 aromatic rings. The summed E-state index contributed by atoms with van der Waals surface area (Å²) < 4.78 is 0. The second-order valence-corrected chi connectivity index (χ2v) is 6.78. The minimum Gasteiger partial charge on any atom is -0.286 e. The van der Waals surface area contributed by atoms with Crippen LogP contribution in [0.15, 0.2) is 53.5 Å². The number of amidine groups is 1. The molecule has 0 fully saturated rings. The maximum atomic E-state index is 12.6. The van der Waals surface area contributed by atoms with Crippen LogP contribution in [0.3, 0.4) is 0 Å². The van der Waals surface area contributed by atoms with Crippen molar-refractivity contribution in [2.75, 3.05) is 13.1 Å². The molecule has 0 saturated carbocycles. The van der Waals surface area contributed by atoms with Gasteiger partial charge in [-0.25, -0.2) is 0 Å². The highest BCUT2D eigenvalue weighted by molar-refractivity contribution is 8.13. The van der Waals surface area contributed by atoms with Gasteiger partial charge < -0.3 is 0 Å². The molecule has 0 N–H and O–H groups in total. The van der Waals surface area contributed by atoms with E-state index in [-0.39, 0.29) is 5.91 Å². The van der Waals surface area contributed by atoms with Crippen molar-refractivity contribution in [3.8, 4) is 0 Å². The van der Waals surface area contributed by atoms with Gasteiger partial charge in [0, 0.05) is 22.9 Å². The van der Waals surface area contributed by atoms with Crippen LogP contribution in [0.1, 0.15) is 21.5 Å². The lowest BCUT2D eigenvalue weighted by Gasteiger charge is -2.18. The minimum absolute atomic E-state index is 0.0137. The van der Waals surface area contributed by atoms with Gasteiger partial charge in [-0.1, -0.05) is 53.2 Å². The Balaban J connectivity index is 1.67. The highest BCUT2D eigenvalue weighted by atomic mass is 35.5. The average Bonchev–Trinajstić information content (AvgIpc) is 3.01. The van der Waals surface area contributed by atoms with Crippen molar-refractivity contribution >= 4 is 34.4 Å². The van der Waals surface area contributed by atoms with Crippen molar-refractivity contribution < 1.29 is 4.79 Å². The van der Waals surface area contributed by atoms with E-state index in [9.17, 15) is 4.79 Å². The number of aliphatic imine (C=N–C) groups is 1. The monoisotopic (exact) mass is 344 g/mol. The summed E-state index contributed by atoms with van der Waals surface area (Å²) >= 11 is 7.58. The summed E-state index contributed by atoms with van der Waals surface area (Å²) in [4.78, 5) is 18.9. The third-order valence-corrected chi connectivity index (χ3v) is 4.92. The lowest BCUT2D eigenvalue weighted by atomic mass is 10.1. The van der Waals surface area contributed by atoms with Crippen molar-refractivity contribution in [2.24, 2.45) is 4.99 Å². The standard InChI is InChI=1S/C18H17ClN2OS/c1-13-5-7-15(8-6-13)17(22)21-10-9-20-18(21)23-12-14-3-2-4-16(19)11-14/h2-8,11H,9-10,12H2,1H3. The lowest BCUT2D eigenvalue weighted by Crippen LogP contribution is -2.32. The predicted octanol–water partition coefficient (Wildman–Crippen LogP) is 4.39. The quantitative estimate of drug-likeness (QED) is 0.827. The maximum absolute atomic E-state index is 12.6. The normalized spacial score (nSPS) is 14.0. The second kappa shape index (κ2) is 7.20. The van der Waals surface area contributed by atoms with E-state index in [0.29, 0.717) is 18.7 Å². The van der Waals surface area contributed by atoms with Gasteiger partial charge in [-0.3, -0.25) is 14.7 Å². The van der Waals surface area contributed by atoms with E-state index in [2.05, 4.69) is 4.99 Å². The molecule has 0 saturated heterocycles. The number of carbonyl (C=O) groups is 1. The number of carbonyl (C=O) groups excluding carboxylic acids is 1. The number of benzene rings is 2. The Morgan fingerprint density at radius 2 is 2.04 bits per heavy atom. The van der Waals surface area contributed by atoms with Crippen molar-refractivity contribution in [2.45, 2.75) is 12.7 Å². The fourth-order valence-electron chi connectivity index (χ4n) is 2.37. The summed E-state index contributed by atoms with van der Waals surface area (Å²) in [6.45, 7) is 3.32. The Morgan fingerprint density at radius 1 is 1.26 bits per heavy atom. The van der Waals surface area contributed by atoms with E-state index in [1.54, 1.807) is 16.7 Å². The van der Waals surface area contributed by atoms with Crippen molar-refractivity contribution in [3.63, 3.8) is 0 Å². The highest BCUT2D eigenvalue weighted by Crippen LogP contribution is 2.22. The Hall–Kier alpha value is -1.78. The third-order valence-electron chi connectivity index (χ3n) is 3.60. The molecule has 0 aromatic heterocycles. The molecule has 0 atom stereocenters. The summed E-state index contributed by atoms with van der Waals surface area (Å²) in [6, 6.07) is 15.4. The maximum Gasteiger partial charge on any atom is 0.259 e. The molecule has 1 aliphatic rings. The van der Waals surface area contributed by atoms with E-state index < -0.39 is 0 Å². The van der Waals surface area contributed by atoms with Crippen molar-refractivity contribution in [1.82, 2.24) is 4.90 Å². The summed E-state index contributed by atoms with van der Waals surface area (Å²) in [5.41, 5.74) is 2.97. The minimum atomic E-state index is 0.0137. The smallest absolute Gasteiger partial charge is 0.259 e. The Kier molecular flexibility index (Phi) is 5.03. The van der Waals surface area contributed by atoms with Gasteiger partial charge >= 0.3 is 0 Å². The third kappa shape index (κ3) is 3.95. The summed E-state index contributed by atoms with van der Waals surface area (Å²) in [5, 5.41) is 1.51. The second-order valence-electron chi connectivity index (χ2n) is 5.41. The van der Waals surface area contributed by atoms with Crippen LogP contribution in [-0.4, -0.2) is 29.1 Å². The Bertz CT molecular complexity index is 743. The van der Waals surface area contributed by atoms with E-state index in [0.717, 1.165) is 27.1 Å². The number of nitrogens with zero attached hydrogens (tertiary/aromatic N) is 2. The van der Waals surface area contributed by atoms with Crippen LogP contribution >= 0.6 is 23.4 Å². The van der Waals surface area contributed by atoms with E-state index in [4.69, 9.17) is 11.6 Å². The molecular formula is C18H17ClN2OS. The first-order chi connectivity index (χ1) is 11.1. The first-order valence-electron chi connectivity index (χ1n) is 7.44. The zero-order chi connectivity index (χ0) is 16.2. The van der Waals surface area contributed by atoms with Gasteiger partial charge in [-0.2, -0.15) is 0 Å². The molecule has 0 unspecified atom stereocenters. The predicted molar refractivity (Wildman–Crippen MR) is 97.3 cm³/mol. The zero-order valence-corrected chi connectivity index (χ0v) is 14.4. The first-order valence-corrected chi connectivity index (χ1v) is 8.80. The molecule has 5 heteroatoms. The van der Waals surface area contributed by atoms with Crippen molar-refractivity contribution in [1.29, 1.82) is 0 Å². The van der Waals surface area contributed by atoms with Crippen LogP contribution in [0, 0.1) is 6.92 Å². The molecule has 0 bridgehead atoms. The summed E-state index contributed by atoms with van der Waals surface area (Å²) in [7, 11) is 0. The molecule has 3 nitrogen and oxygen atoms in total. The number of hydrogen-bond acceptors (Lipinski definition) is 3. The summed E-state index contributed by atoms with van der Waals surface area (Å²) in [6.07, 6.45) is 0. The molecule has 2 aromatic carbocycles. The first kappa shape index (κ1) is 16.1. The molecule has 23 heavy (non-hydrogen) atoms. The van der Waals surface area contributed by atoms with Gasteiger partial charge in [0.2, 0.25) is 0 Å². The number of rotatable bonds is 3. The number of thioether (sulfide) groups is 1. The van der Waals surface area contributed by atoms with Crippen LogP contribution in [0.4, 0.5) is 0 Å². The van der Waals surface area contributed by atoms with E-state index in [1.165, 1.54) is 0 Å². The number of amides is 1. The van der Waals surface area contributed by atoms with Gasteiger partial charge in [0.1, 0.15) is 0 Å². The van der Waals surface area contributed by atoms with Gasteiger partial charge in [-0.05, 0) is 36.8 Å². The lowest BCUT2D eigenvalue weighted by molar-refractivity contribution is 0.0860. The van der Waals surface area contributed by atoms with Gasteiger partial charge in [0.25, 0.3) is 5.91 Å². The van der Waals surface area contributed by atoms with E-state index in [1.807, 2.05) is 55.5 Å². The molecule has 118 valence electrons. The Labute approximate surface area is 145 Å². The molecular weight excluding hydrogens is 328 g/mol. The van der Waals surface area contributed by atoms with Crippen LogP contribution in [0.2, 0.25) is 5.02 Å². The molecule has 1 aliphatic heterocycles. The van der Waals surface area contributed by atoms with Crippen LogP contribution in [-0.2, 0) is 5.75 Å². The average molecular weight is 345 g/mol. The molecule has 3 rings (SSSR count). The van der Waals surface area contributed by atoms with Crippen LogP contribution in [0.25, 0.3) is 0 Å². The zero-order valence-electron chi connectivity index (χ0n) is 12.8. The van der Waals surface area contributed by atoms with Gasteiger partial charge in [0.05, 0.1) is 6.54 Å². The molecule has 1 heterocycles. The SMILES string of the molecule is Cc1ccc(C(=O)N2CCN=C2SCc2cccc(Cl)c2)cc1. The van der Waals surface area contributed by atoms with Crippen LogP contribution in [0.5, 0.6) is 0 Å². The molecule has 1 amide bonds. The Morgan fingerprint density at radius 3 is 2.78 bits per heavy atom. The number of halogens is 1. The largest absolute Gasteiger partial charge is 0.286 e.